The molecule has 0 radical (unpaired) electrons. The summed E-state index contributed by atoms with van der Waals surface area (Å²) in [6.45, 7) is 3.18. The van der Waals surface area contributed by atoms with Gasteiger partial charge in [-0.15, -0.1) is 0 Å². The Kier molecular flexibility index (Phi) is 4.36. The molecule has 2 aromatic rings. The second-order valence-corrected chi connectivity index (χ2v) is 5.31. The number of esters is 1. The van der Waals surface area contributed by atoms with E-state index in [9.17, 15) is 9.59 Å². The Bertz CT molecular complexity index is 711. The molecule has 0 bridgehead atoms. The van der Waals surface area contributed by atoms with Crippen LogP contribution in [0.4, 0.5) is 0 Å². The molecule has 120 valence electrons. The van der Waals surface area contributed by atoms with Crippen molar-refractivity contribution in [3.05, 3.63) is 47.3 Å². The number of aromatic nitrogens is 3. The third kappa shape index (κ3) is 3.39. The molecule has 3 heterocycles. The van der Waals surface area contributed by atoms with Crippen molar-refractivity contribution in [3.8, 4) is 0 Å². The van der Waals surface area contributed by atoms with Gasteiger partial charge in [0, 0.05) is 25.4 Å². The minimum Gasteiger partial charge on any atom is -0.466 e. The van der Waals surface area contributed by atoms with Crippen molar-refractivity contribution in [1.29, 1.82) is 0 Å². The highest BCUT2D eigenvalue weighted by atomic mass is 16.5. The van der Waals surface area contributed by atoms with Crippen LogP contribution in [0, 0.1) is 0 Å². The fourth-order valence-electron chi connectivity index (χ4n) is 2.63. The highest BCUT2D eigenvalue weighted by Gasteiger charge is 2.25. The lowest BCUT2D eigenvalue weighted by Gasteiger charge is -2.26. The van der Waals surface area contributed by atoms with Gasteiger partial charge in [-0.1, -0.05) is 0 Å². The van der Waals surface area contributed by atoms with E-state index in [1.807, 2.05) is 0 Å². The first-order valence-corrected chi connectivity index (χ1v) is 7.59. The number of carbonyl (C=O) groups is 2. The maximum absolute atomic E-state index is 12.5. The summed E-state index contributed by atoms with van der Waals surface area (Å²) in [5.74, 6) is 0.233. The number of nitrogens with zero attached hydrogens (tertiary/aromatic N) is 3. The first-order valence-electron chi connectivity index (χ1n) is 7.59. The molecular weight excluding hydrogens is 296 g/mol. The zero-order valence-corrected chi connectivity index (χ0v) is 12.9. The number of nitrogens with one attached hydrogen (secondary N) is 1. The van der Waals surface area contributed by atoms with Crippen molar-refractivity contribution in [3.63, 3.8) is 0 Å². The second-order valence-electron chi connectivity index (χ2n) is 5.31. The zero-order chi connectivity index (χ0) is 16.2. The van der Waals surface area contributed by atoms with Crippen LogP contribution in [0.1, 0.15) is 34.5 Å². The van der Waals surface area contributed by atoms with Crippen LogP contribution in [0.2, 0.25) is 0 Å². The van der Waals surface area contributed by atoms with E-state index in [-0.39, 0.29) is 18.3 Å². The van der Waals surface area contributed by atoms with E-state index in [0.29, 0.717) is 37.5 Å². The molecule has 3 rings (SSSR count). The Morgan fingerprint density at radius 2 is 2.30 bits per heavy atom. The molecule has 0 aromatic carbocycles. The third-order valence-corrected chi connectivity index (χ3v) is 3.69. The fourth-order valence-corrected chi connectivity index (χ4v) is 2.63. The Morgan fingerprint density at radius 1 is 1.43 bits per heavy atom. The molecule has 7 nitrogen and oxygen atoms in total. The zero-order valence-electron chi connectivity index (χ0n) is 12.9. The highest BCUT2D eigenvalue weighted by Crippen LogP contribution is 2.19. The van der Waals surface area contributed by atoms with Gasteiger partial charge in [0.05, 0.1) is 30.1 Å². The fraction of sp³-hybridized carbons (Fsp3) is 0.375. The molecule has 0 fully saturated rings. The Labute approximate surface area is 133 Å². The summed E-state index contributed by atoms with van der Waals surface area (Å²) in [4.78, 5) is 37.3. The molecule has 0 spiro atoms. The monoisotopic (exact) mass is 314 g/mol. The molecule has 1 amide bonds. The van der Waals surface area contributed by atoms with Crippen LogP contribution in [0.5, 0.6) is 0 Å². The maximum atomic E-state index is 12.5. The molecule has 0 aliphatic carbocycles. The number of pyridine rings is 1. The first kappa shape index (κ1) is 15.2. The summed E-state index contributed by atoms with van der Waals surface area (Å²) in [5, 5.41) is 0. The third-order valence-electron chi connectivity index (χ3n) is 3.69. The number of hydrogen-bond acceptors (Lipinski definition) is 5. The molecule has 7 heteroatoms. The minimum atomic E-state index is -0.304. The second kappa shape index (κ2) is 6.60. The molecule has 0 unspecified atom stereocenters. The summed E-state index contributed by atoms with van der Waals surface area (Å²) in [6.07, 6.45) is 4.00. The summed E-state index contributed by atoms with van der Waals surface area (Å²) in [7, 11) is 0. The van der Waals surface area contributed by atoms with Gasteiger partial charge in [0.2, 0.25) is 0 Å². The molecule has 1 N–H and O–H groups in total. The number of H-pyrrole nitrogens is 1. The Hall–Kier alpha value is -2.70. The Balaban J connectivity index is 1.70. The van der Waals surface area contributed by atoms with E-state index in [0.717, 1.165) is 11.4 Å². The van der Waals surface area contributed by atoms with E-state index in [1.54, 1.807) is 36.4 Å². The number of rotatable bonds is 4. The topological polar surface area (TPSA) is 88.2 Å². The average Bonchev–Trinajstić information content (AvgIpc) is 2.96. The van der Waals surface area contributed by atoms with E-state index in [1.165, 1.54) is 0 Å². The van der Waals surface area contributed by atoms with Crippen molar-refractivity contribution in [2.45, 2.75) is 26.3 Å². The summed E-state index contributed by atoms with van der Waals surface area (Å²) in [6, 6.07) is 3.50. The summed E-state index contributed by atoms with van der Waals surface area (Å²) >= 11 is 0. The highest BCUT2D eigenvalue weighted by molar-refractivity contribution is 5.93. The number of aromatic amines is 1. The number of hydrogen-bond donors (Lipinski definition) is 1. The molecule has 1 aliphatic rings. The molecule has 0 saturated carbocycles. The van der Waals surface area contributed by atoms with E-state index >= 15 is 0 Å². The molecule has 2 aromatic heterocycles. The van der Waals surface area contributed by atoms with Crippen molar-refractivity contribution >= 4 is 11.9 Å². The quantitative estimate of drug-likeness (QED) is 0.854. The van der Waals surface area contributed by atoms with Crippen LogP contribution >= 0.6 is 0 Å². The van der Waals surface area contributed by atoms with Crippen LogP contribution in [0.25, 0.3) is 0 Å². The lowest BCUT2D eigenvalue weighted by molar-refractivity contribution is -0.142. The van der Waals surface area contributed by atoms with Gasteiger partial charge < -0.3 is 14.6 Å². The predicted molar refractivity (Wildman–Crippen MR) is 81.6 cm³/mol. The minimum absolute atomic E-state index is 0.0507. The molecule has 0 saturated heterocycles. The van der Waals surface area contributed by atoms with Gasteiger partial charge in [-0.25, -0.2) is 4.98 Å². The van der Waals surface area contributed by atoms with Crippen LogP contribution in [0.3, 0.4) is 0 Å². The first-order chi connectivity index (χ1) is 11.2. The van der Waals surface area contributed by atoms with Crippen LogP contribution in [-0.4, -0.2) is 44.9 Å². The number of ether oxygens (including phenoxy) is 1. The maximum Gasteiger partial charge on any atom is 0.313 e. The molecule has 0 atom stereocenters. The molecule has 1 aliphatic heterocycles. The number of imidazole rings is 1. The smallest absolute Gasteiger partial charge is 0.313 e. The van der Waals surface area contributed by atoms with Crippen molar-refractivity contribution in [2.75, 3.05) is 13.2 Å². The summed E-state index contributed by atoms with van der Waals surface area (Å²) < 4.78 is 4.92. The van der Waals surface area contributed by atoms with Gasteiger partial charge in [-0.3, -0.25) is 14.6 Å². The van der Waals surface area contributed by atoms with Gasteiger partial charge >= 0.3 is 5.97 Å². The van der Waals surface area contributed by atoms with Crippen LogP contribution < -0.4 is 0 Å². The van der Waals surface area contributed by atoms with Gasteiger partial charge in [0.15, 0.2) is 0 Å². The van der Waals surface area contributed by atoms with Crippen molar-refractivity contribution in [2.24, 2.45) is 0 Å². The largest absolute Gasteiger partial charge is 0.466 e. The van der Waals surface area contributed by atoms with Crippen molar-refractivity contribution < 1.29 is 14.3 Å². The molecular formula is C16H18N4O3. The van der Waals surface area contributed by atoms with Gasteiger partial charge in [-0.05, 0) is 19.1 Å². The normalized spacial score (nSPS) is 13.5. The standard InChI is InChI=1S/C16H18N4O3/c1-2-23-15(21)8-14-18-12-5-7-20(10-13(12)19-14)16(22)11-4-3-6-17-9-11/h3-4,6,9H,2,5,7-8,10H2,1H3,(H,18,19). The SMILES string of the molecule is CCOC(=O)Cc1nc2c([nH]1)CN(C(=O)c1cccnc1)CC2. The number of carbonyl (C=O) groups excluding carboxylic acids is 2. The number of amides is 1. The summed E-state index contributed by atoms with van der Waals surface area (Å²) in [5.41, 5.74) is 2.37. The molecule has 23 heavy (non-hydrogen) atoms. The average molecular weight is 314 g/mol. The van der Waals surface area contributed by atoms with Crippen LogP contribution in [-0.2, 0) is 28.9 Å². The van der Waals surface area contributed by atoms with Crippen molar-refractivity contribution in [1.82, 2.24) is 19.9 Å². The van der Waals surface area contributed by atoms with E-state index in [4.69, 9.17) is 4.74 Å². The van der Waals surface area contributed by atoms with E-state index < -0.39 is 0 Å². The van der Waals surface area contributed by atoms with Gasteiger partial charge in [0.25, 0.3) is 5.91 Å². The Morgan fingerprint density at radius 3 is 3.04 bits per heavy atom. The van der Waals surface area contributed by atoms with Crippen LogP contribution in [0.15, 0.2) is 24.5 Å². The number of fused-ring (bicyclic) bond motifs is 1. The lowest BCUT2D eigenvalue weighted by atomic mass is 10.1. The van der Waals surface area contributed by atoms with E-state index in [2.05, 4.69) is 15.0 Å². The van der Waals surface area contributed by atoms with Gasteiger partial charge in [0.1, 0.15) is 12.2 Å². The lowest BCUT2D eigenvalue weighted by Crippen LogP contribution is -2.36. The van der Waals surface area contributed by atoms with Gasteiger partial charge in [-0.2, -0.15) is 0 Å². The predicted octanol–water partition coefficient (Wildman–Crippen LogP) is 1.11.